The van der Waals surface area contributed by atoms with Crippen molar-refractivity contribution in [2.24, 2.45) is 5.92 Å². The molecule has 150 valence electrons. The summed E-state index contributed by atoms with van der Waals surface area (Å²) >= 11 is 0. The minimum absolute atomic E-state index is 0.472. The Labute approximate surface area is 157 Å². The SMILES string of the molecule is CCCC1CCC(c2ccc(-c3ccc(S(F)(F)(F)(F)F)cc3)cc2)CC1. The number of hydrogen-bond acceptors (Lipinski definition) is 0. The molecule has 0 bridgehead atoms. The quantitative estimate of drug-likeness (QED) is 0.436. The highest BCUT2D eigenvalue weighted by Crippen LogP contribution is 3.02. The lowest BCUT2D eigenvalue weighted by molar-refractivity contribution is 0.308. The molecule has 0 atom stereocenters. The molecule has 0 aliphatic heterocycles. The first kappa shape index (κ1) is 20.2. The van der Waals surface area contributed by atoms with Crippen LogP contribution < -0.4 is 0 Å². The highest BCUT2D eigenvalue weighted by Gasteiger charge is 2.65. The Morgan fingerprint density at radius 3 is 1.67 bits per heavy atom. The van der Waals surface area contributed by atoms with Crippen molar-refractivity contribution in [2.45, 2.75) is 56.3 Å². The number of rotatable bonds is 5. The molecule has 0 radical (unpaired) electrons. The van der Waals surface area contributed by atoms with Crippen LogP contribution in [0.3, 0.4) is 0 Å². The Bertz CT molecular complexity index is 771. The minimum atomic E-state index is -9.61. The maximum absolute atomic E-state index is 12.8. The molecule has 6 heteroatoms. The third-order valence-electron chi connectivity index (χ3n) is 5.56. The first-order chi connectivity index (χ1) is 12.5. The van der Waals surface area contributed by atoms with E-state index in [2.05, 4.69) is 6.92 Å². The summed E-state index contributed by atoms with van der Waals surface area (Å²) in [6, 6.07) is 10.9. The van der Waals surface area contributed by atoms with Crippen LogP contribution in [0.25, 0.3) is 11.1 Å². The lowest BCUT2D eigenvalue weighted by atomic mass is 9.77. The average molecular weight is 404 g/mol. The van der Waals surface area contributed by atoms with E-state index in [0.29, 0.717) is 23.6 Å². The molecular weight excluding hydrogens is 379 g/mol. The molecule has 1 aliphatic rings. The van der Waals surface area contributed by atoms with Crippen LogP contribution in [0.15, 0.2) is 53.4 Å². The van der Waals surface area contributed by atoms with Crippen molar-refractivity contribution in [3.8, 4) is 11.1 Å². The van der Waals surface area contributed by atoms with Crippen LogP contribution in [0.5, 0.6) is 0 Å². The summed E-state index contributed by atoms with van der Waals surface area (Å²) in [5, 5.41) is 0. The number of halogens is 5. The molecule has 2 aromatic carbocycles. The molecule has 0 heterocycles. The van der Waals surface area contributed by atoms with Gasteiger partial charge in [-0.25, -0.2) is 0 Å². The lowest BCUT2D eigenvalue weighted by Crippen LogP contribution is -2.13. The molecule has 3 rings (SSSR count). The second-order valence-electron chi connectivity index (χ2n) is 7.62. The molecule has 2 aromatic rings. The van der Waals surface area contributed by atoms with Crippen LogP contribution >= 0.6 is 10.2 Å². The molecular formula is C21H25F5S. The van der Waals surface area contributed by atoms with Crippen LogP contribution in [-0.4, -0.2) is 0 Å². The summed E-state index contributed by atoms with van der Waals surface area (Å²) < 4.78 is 64.1. The molecule has 0 unspecified atom stereocenters. The fourth-order valence-electron chi connectivity index (χ4n) is 4.04. The van der Waals surface area contributed by atoms with E-state index in [1.54, 1.807) is 0 Å². The van der Waals surface area contributed by atoms with Gasteiger partial charge in [0.05, 0.1) is 0 Å². The van der Waals surface area contributed by atoms with Gasteiger partial charge in [0, 0.05) is 0 Å². The second-order valence-corrected chi connectivity index (χ2v) is 10.0. The monoisotopic (exact) mass is 404 g/mol. The molecule has 1 aliphatic carbocycles. The molecule has 0 spiro atoms. The molecule has 1 saturated carbocycles. The summed E-state index contributed by atoms with van der Waals surface area (Å²) in [5.41, 5.74) is 2.48. The zero-order valence-electron chi connectivity index (χ0n) is 15.3. The Morgan fingerprint density at radius 2 is 1.22 bits per heavy atom. The maximum Gasteiger partial charge on any atom is 0.310 e. The van der Waals surface area contributed by atoms with Gasteiger partial charge in [0.1, 0.15) is 4.90 Å². The van der Waals surface area contributed by atoms with Crippen LogP contribution in [-0.2, 0) is 0 Å². The van der Waals surface area contributed by atoms with E-state index >= 15 is 0 Å². The summed E-state index contributed by atoms with van der Waals surface area (Å²) in [6.07, 6.45) is 7.35. The minimum Gasteiger partial charge on any atom is -0.0936 e. The largest absolute Gasteiger partial charge is 0.310 e. The van der Waals surface area contributed by atoms with Crippen molar-refractivity contribution >= 4 is 10.2 Å². The fraction of sp³-hybridized carbons (Fsp3) is 0.429. The van der Waals surface area contributed by atoms with Crippen LogP contribution in [0.1, 0.15) is 56.9 Å². The van der Waals surface area contributed by atoms with Gasteiger partial charge in [-0.2, -0.15) is 0 Å². The van der Waals surface area contributed by atoms with Gasteiger partial charge in [-0.15, -0.1) is 0 Å². The fourth-order valence-corrected chi connectivity index (χ4v) is 4.70. The van der Waals surface area contributed by atoms with Gasteiger partial charge in [0.25, 0.3) is 0 Å². The summed E-state index contributed by atoms with van der Waals surface area (Å²) in [7, 11) is -9.61. The van der Waals surface area contributed by atoms with E-state index in [9.17, 15) is 19.4 Å². The molecule has 0 aromatic heterocycles. The summed E-state index contributed by atoms with van der Waals surface area (Å²) in [4.78, 5) is -1.85. The first-order valence-corrected chi connectivity index (χ1v) is 11.4. The van der Waals surface area contributed by atoms with Crippen molar-refractivity contribution in [3.05, 3.63) is 54.1 Å². The van der Waals surface area contributed by atoms with Gasteiger partial charge in [-0.1, -0.05) is 75.6 Å². The van der Waals surface area contributed by atoms with Crippen molar-refractivity contribution in [2.75, 3.05) is 0 Å². The third-order valence-corrected chi connectivity index (χ3v) is 6.72. The lowest BCUT2D eigenvalue weighted by Gasteiger charge is -2.40. The van der Waals surface area contributed by atoms with Gasteiger partial charge >= 0.3 is 10.2 Å². The van der Waals surface area contributed by atoms with Crippen molar-refractivity contribution in [1.29, 1.82) is 0 Å². The Kier molecular flexibility index (Phi) is 4.86. The van der Waals surface area contributed by atoms with E-state index in [4.69, 9.17) is 0 Å². The third kappa shape index (κ3) is 5.03. The second kappa shape index (κ2) is 6.50. The van der Waals surface area contributed by atoms with Gasteiger partial charge in [-0.05, 0) is 66.3 Å². The number of benzene rings is 2. The zero-order valence-corrected chi connectivity index (χ0v) is 16.1. The van der Waals surface area contributed by atoms with Crippen LogP contribution in [0, 0.1) is 5.92 Å². The van der Waals surface area contributed by atoms with E-state index < -0.39 is 15.1 Å². The molecule has 1 fully saturated rings. The van der Waals surface area contributed by atoms with Gasteiger partial charge in [-0.3, -0.25) is 0 Å². The van der Waals surface area contributed by atoms with Crippen molar-refractivity contribution in [3.63, 3.8) is 0 Å². The van der Waals surface area contributed by atoms with Gasteiger partial charge in [0.2, 0.25) is 0 Å². The summed E-state index contributed by atoms with van der Waals surface area (Å²) in [6.45, 7) is 2.22. The van der Waals surface area contributed by atoms with E-state index in [1.807, 2.05) is 24.3 Å². The van der Waals surface area contributed by atoms with E-state index in [1.165, 1.54) is 44.1 Å². The van der Waals surface area contributed by atoms with Crippen molar-refractivity contribution in [1.82, 2.24) is 0 Å². The molecule has 0 saturated heterocycles. The normalized spacial score (nSPS) is 23.5. The van der Waals surface area contributed by atoms with Gasteiger partial charge < -0.3 is 0 Å². The highest BCUT2D eigenvalue weighted by molar-refractivity contribution is 8.45. The summed E-state index contributed by atoms with van der Waals surface area (Å²) in [5.74, 6) is 1.36. The first-order valence-electron chi connectivity index (χ1n) is 9.41. The average Bonchev–Trinajstić information content (AvgIpc) is 2.61. The Hall–Kier alpha value is -1.56. The van der Waals surface area contributed by atoms with Gasteiger partial charge in [0.15, 0.2) is 0 Å². The van der Waals surface area contributed by atoms with Crippen LogP contribution in [0.4, 0.5) is 19.4 Å². The van der Waals surface area contributed by atoms with E-state index in [-0.39, 0.29) is 0 Å². The predicted octanol–water partition coefficient (Wildman–Crippen LogP) is 9.08. The Morgan fingerprint density at radius 1 is 0.741 bits per heavy atom. The maximum atomic E-state index is 12.8. The van der Waals surface area contributed by atoms with E-state index in [0.717, 1.165) is 23.6 Å². The molecule has 0 amide bonds. The predicted molar refractivity (Wildman–Crippen MR) is 103 cm³/mol. The highest BCUT2D eigenvalue weighted by atomic mass is 32.5. The molecule has 0 nitrogen and oxygen atoms in total. The Balaban J connectivity index is 1.71. The van der Waals surface area contributed by atoms with Crippen LogP contribution in [0.2, 0.25) is 0 Å². The smallest absolute Gasteiger partial charge is 0.0936 e. The topological polar surface area (TPSA) is 0 Å². The van der Waals surface area contributed by atoms with Crippen molar-refractivity contribution < 1.29 is 19.4 Å². The number of hydrogen-bond donors (Lipinski definition) is 0. The zero-order chi connectivity index (χ0) is 19.8. The standard InChI is InChI=1S/C21H25F5S/c1-2-3-16-4-6-17(7-5-16)18-8-10-19(11-9-18)20-12-14-21(15-13-20)27(22,23,24,25)26/h8-17H,2-7H2,1H3. The molecule has 27 heavy (non-hydrogen) atoms. The molecule has 0 N–H and O–H groups in total.